The highest BCUT2D eigenvalue weighted by Crippen LogP contribution is 2.53. The summed E-state index contributed by atoms with van der Waals surface area (Å²) in [6.45, 7) is 1.76. The van der Waals surface area contributed by atoms with E-state index in [4.69, 9.17) is 5.73 Å². The van der Waals surface area contributed by atoms with E-state index in [-0.39, 0.29) is 29.7 Å². The fourth-order valence-corrected chi connectivity index (χ4v) is 7.63. The van der Waals surface area contributed by atoms with Gasteiger partial charge in [0.05, 0.1) is 11.6 Å². The number of phenols is 1. The molecule has 4 unspecified atom stereocenters. The lowest BCUT2D eigenvalue weighted by molar-refractivity contribution is -0.148. The van der Waals surface area contributed by atoms with Crippen molar-refractivity contribution >= 4 is 23.2 Å². The zero-order valence-corrected chi connectivity index (χ0v) is 24.6. The molecule has 4 atom stereocenters. The van der Waals surface area contributed by atoms with Gasteiger partial charge in [0.1, 0.15) is 22.8 Å². The van der Waals surface area contributed by atoms with Gasteiger partial charge in [-0.3, -0.25) is 24.2 Å². The van der Waals surface area contributed by atoms with Gasteiger partial charge in [0.25, 0.3) is 5.91 Å². The van der Waals surface area contributed by atoms with Crippen LogP contribution in [0.4, 0.5) is 5.69 Å². The van der Waals surface area contributed by atoms with E-state index >= 15 is 0 Å². The number of amides is 1. The number of allylic oxidation sites excluding steroid dienone is 1. The van der Waals surface area contributed by atoms with Crippen LogP contribution in [0.2, 0.25) is 0 Å². The molecule has 11 heteroatoms. The predicted octanol–water partition coefficient (Wildman–Crippen LogP) is 1.70. The van der Waals surface area contributed by atoms with Gasteiger partial charge in [-0.1, -0.05) is 24.3 Å². The third kappa shape index (κ3) is 4.10. The number of likely N-dealkylation sites (N-methyl/N-ethyl adjacent to an activating group) is 1. The van der Waals surface area contributed by atoms with E-state index in [1.54, 1.807) is 14.1 Å². The first-order chi connectivity index (χ1) is 20.3. The number of aliphatic hydroxyl groups excluding tert-OH is 2. The summed E-state index contributed by atoms with van der Waals surface area (Å²) < 4.78 is 0. The molecule has 6 N–H and O–H groups in total. The van der Waals surface area contributed by atoms with Crippen LogP contribution >= 0.6 is 0 Å². The van der Waals surface area contributed by atoms with Crippen LogP contribution < -0.4 is 10.6 Å². The number of benzene rings is 2. The summed E-state index contributed by atoms with van der Waals surface area (Å²) in [6.07, 6.45) is 0.290. The average Bonchev–Trinajstić information content (AvgIpc) is 3.34. The molecule has 0 saturated carbocycles. The largest absolute Gasteiger partial charge is 0.510 e. The zero-order valence-electron chi connectivity index (χ0n) is 24.6. The molecular weight excluding hydrogens is 552 g/mol. The highest BCUT2D eigenvalue weighted by atomic mass is 16.3. The summed E-state index contributed by atoms with van der Waals surface area (Å²) in [5, 5.41) is 46.0. The van der Waals surface area contributed by atoms with Crippen molar-refractivity contribution in [2.75, 3.05) is 33.1 Å². The summed E-state index contributed by atoms with van der Waals surface area (Å²) in [4.78, 5) is 45.6. The van der Waals surface area contributed by atoms with Gasteiger partial charge in [0.15, 0.2) is 11.4 Å². The van der Waals surface area contributed by atoms with Crippen molar-refractivity contribution in [3.05, 3.63) is 80.8 Å². The summed E-state index contributed by atoms with van der Waals surface area (Å²) in [7, 11) is 6.92. The molecule has 0 aromatic heterocycles. The molecule has 2 aromatic carbocycles. The Kier molecular flexibility index (Phi) is 6.68. The fraction of sp³-hybridized carbons (Fsp3) is 0.406. The van der Waals surface area contributed by atoms with E-state index < -0.39 is 58.0 Å². The lowest BCUT2D eigenvalue weighted by Gasteiger charge is -2.50. The van der Waals surface area contributed by atoms with Gasteiger partial charge in [-0.15, -0.1) is 0 Å². The molecule has 2 aromatic rings. The molecule has 0 bridgehead atoms. The monoisotopic (exact) mass is 588 g/mol. The van der Waals surface area contributed by atoms with Crippen LogP contribution in [0.25, 0.3) is 0 Å². The smallest absolute Gasteiger partial charge is 0.255 e. The zero-order chi connectivity index (χ0) is 31.1. The second kappa shape index (κ2) is 9.94. The third-order valence-corrected chi connectivity index (χ3v) is 9.56. The Morgan fingerprint density at radius 3 is 2.26 bits per heavy atom. The van der Waals surface area contributed by atoms with Gasteiger partial charge >= 0.3 is 0 Å². The number of nitrogens with two attached hydrogens (primary N) is 1. The summed E-state index contributed by atoms with van der Waals surface area (Å²) in [5.41, 5.74) is 6.11. The summed E-state index contributed by atoms with van der Waals surface area (Å²) in [5.74, 6) is -6.52. The van der Waals surface area contributed by atoms with E-state index in [1.807, 2.05) is 37.2 Å². The Morgan fingerprint density at radius 2 is 1.70 bits per heavy atom. The average molecular weight is 589 g/mol. The Bertz CT molecular complexity index is 1630. The minimum atomic E-state index is -2.66. The molecule has 0 saturated heterocycles. The van der Waals surface area contributed by atoms with Gasteiger partial charge in [-0.2, -0.15) is 0 Å². The van der Waals surface area contributed by atoms with Gasteiger partial charge in [0, 0.05) is 56.5 Å². The van der Waals surface area contributed by atoms with Crippen LogP contribution in [0.3, 0.4) is 0 Å². The molecule has 6 rings (SSSR count). The Labute approximate surface area is 249 Å². The molecule has 0 fully saturated rings. The van der Waals surface area contributed by atoms with Crippen molar-refractivity contribution < 1.29 is 34.8 Å². The predicted molar refractivity (Wildman–Crippen MR) is 157 cm³/mol. The molecular formula is C32H36N4O7. The summed E-state index contributed by atoms with van der Waals surface area (Å²) >= 11 is 0. The van der Waals surface area contributed by atoms with E-state index in [2.05, 4.69) is 17.0 Å². The van der Waals surface area contributed by atoms with Crippen molar-refractivity contribution in [3.8, 4) is 5.75 Å². The van der Waals surface area contributed by atoms with Gasteiger partial charge in [-0.25, -0.2) is 0 Å². The quantitative estimate of drug-likeness (QED) is 0.324. The fourth-order valence-electron chi connectivity index (χ4n) is 7.63. The topological polar surface area (TPSA) is 168 Å². The van der Waals surface area contributed by atoms with Crippen LogP contribution in [0.1, 0.15) is 39.0 Å². The Balaban J connectivity index is 1.47. The number of rotatable bonds is 5. The normalized spacial score (nSPS) is 26.8. The second-order valence-corrected chi connectivity index (χ2v) is 12.5. The van der Waals surface area contributed by atoms with Crippen molar-refractivity contribution in [2.45, 2.75) is 44.1 Å². The van der Waals surface area contributed by atoms with Gasteiger partial charge in [-0.05, 0) is 55.6 Å². The number of fused-ring (bicyclic) bond motifs is 4. The molecule has 0 radical (unpaired) electrons. The highest BCUT2D eigenvalue weighted by Gasteiger charge is 2.63. The van der Waals surface area contributed by atoms with E-state index in [1.165, 1.54) is 16.0 Å². The number of primary amides is 1. The van der Waals surface area contributed by atoms with Crippen molar-refractivity contribution in [3.63, 3.8) is 0 Å². The van der Waals surface area contributed by atoms with Crippen LogP contribution in [-0.2, 0) is 35.6 Å². The number of hydrogen-bond acceptors (Lipinski definition) is 10. The van der Waals surface area contributed by atoms with Gasteiger partial charge in [0.2, 0.25) is 5.78 Å². The number of ketones is 2. The van der Waals surface area contributed by atoms with E-state index in [0.717, 1.165) is 5.69 Å². The summed E-state index contributed by atoms with van der Waals surface area (Å²) in [6, 6.07) is 8.97. The van der Waals surface area contributed by atoms with Crippen molar-refractivity contribution in [1.82, 2.24) is 9.80 Å². The molecule has 4 aliphatic rings. The number of Topliss-reactive ketones (excluding diaryl/α,β-unsaturated/α-hetero) is 2. The number of aliphatic hydroxyl groups is 3. The number of carbonyl (C=O) groups is 3. The van der Waals surface area contributed by atoms with Crippen LogP contribution in [-0.4, -0.2) is 87.5 Å². The first kappa shape index (κ1) is 28.9. The van der Waals surface area contributed by atoms with Crippen LogP contribution in [0.15, 0.2) is 53.0 Å². The number of carbonyl (C=O) groups excluding carboxylic acids is 3. The Hall–Kier alpha value is -4.19. The minimum absolute atomic E-state index is 0.0266. The number of anilines is 1. The SMILES string of the molecule is CN(C)c1cc(CN2Cc3ccccc3C2)c(O)c2c1CC1CC3C(N(C)C)C(O)=C(C(N)=O)C(=O)C3(O)C(O)=C1C2=O. The molecule has 1 heterocycles. The number of phenolic OH excluding ortho intramolecular Hbond substituents is 1. The number of aromatic hydroxyl groups is 1. The molecule has 11 nitrogen and oxygen atoms in total. The number of hydrogen-bond donors (Lipinski definition) is 5. The molecule has 1 aliphatic heterocycles. The first-order valence-corrected chi connectivity index (χ1v) is 14.3. The van der Waals surface area contributed by atoms with Crippen LogP contribution in [0, 0.1) is 11.8 Å². The van der Waals surface area contributed by atoms with E-state index in [0.29, 0.717) is 30.8 Å². The Morgan fingerprint density at radius 1 is 1.07 bits per heavy atom. The maximum absolute atomic E-state index is 14.2. The highest BCUT2D eigenvalue weighted by molar-refractivity contribution is 6.25. The van der Waals surface area contributed by atoms with Crippen LogP contribution in [0.5, 0.6) is 5.75 Å². The molecule has 43 heavy (non-hydrogen) atoms. The molecule has 1 amide bonds. The minimum Gasteiger partial charge on any atom is -0.510 e. The lowest BCUT2D eigenvalue weighted by atomic mass is 9.58. The molecule has 0 spiro atoms. The van der Waals surface area contributed by atoms with Crippen molar-refractivity contribution in [2.24, 2.45) is 17.6 Å². The maximum Gasteiger partial charge on any atom is 0.255 e. The number of nitrogens with zero attached hydrogens (tertiary/aromatic N) is 3. The molecule has 226 valence electrons. The van der Waals surface area contributed by atoms with E-state index in [9.17, 15) is 34.8 Å². The first-order valence-electron chi connectivity index (χ1n) is 14.3. The maximum atomic E-state index is 14.2. The third-order valence-electron chi connectivity index (χ3n) is 9.56. The van der Waals surface area contributed by atoms with Crippen molar-refractivity contribution in [1.29, 1.82) is 0 Å². The lowest BCUT2D eigenvalue weighted by Crippen LogP contribution is -2.63. The van der Waals surface area contributed by atoms with Gasteiger partial charge < -0.3 is 31.1 Å². The second-order valence-electron chi connectivity index (χ2n) is 12.5. The molecule has 3 aliphatic carbocycles. The standard InChI is InChI=1S/C32H36N4O7/c1-34(2)21-11-18(14-36-12-15-7-5-6-8-16(15)13-36)26(37)23-19(21)9-17-10-20-25(35(3)4)28(39)24(31(33)42)30(41)32(20,43)29(40)22(17)27(23)38/h5-8,11,17,20,25,37,39-40,43H,9-10,12-14H2,1-4H3,(H2,33,42).